The molecular weight excluding hydrogens is 382 g/mol. The molecular formula is C19H19N3O7. The monoisotopic (exact) mass is 401 g/mol. The summed E-state index contributed by atoms with van der Waals surface area (Å²) in [5.74, 6) is -1.10. The fourth-order valence-corrected chi connectivity index (χ4v) is 2.99. The largest absolute Gasteiger partial charge is 0.459 e. The quantitative estimate of drug-likeness (QED) is 0.405. The Morgan fingerprint density at radius 2 is 1.72 bits per heavy atom. The molecule has 1 saturated heterocycles. The summed E-state index contributed by atoms with van der Waals surface area (Å²) in [5, 5.41) is 11.0. The predicted octanol–water partition coefficient (Wildman–Crippen LogP) is 1.26. The molecule has 0 aliphatic carbocycles. The van der Waals surface area contributed by atoms with Crippen molar-refractivity contribution >= 4 is 23.5 Å². The number of hydrogen-bond acceptors (Lipinski definition) is 7. The zero-order valence-corrected chi connectivity index (χ0v) is 15.5. The van der Waals surface area contributed by atoms with Crippen LogP contribution in [0.25, 0.3) is 0 Å². The molecule has 29 heavy (non-hydrogen) atoms. The van der Waals surface area contributed by atoms with Gasteiger partial charge < -0.3 is 19.0 Å². The molecule has 0 atom stereocenters. The maximum Gasteiger partial charge on any atom is 0.311 e. The third-order valence-corrected chi connectivity index (χ3v) is 4.53. The molecule has 1 fully saturated rings. The SMILES string of the molecule is O=C(Cc1ccccc1[N+](=O)[O-])OCC(=O)N1CCN(C(=O)c2ccco2)CC1. The fraction of sp³-hybridized carbons (Fsp3) is 0.316. The van der Waals surface area contributed by atoms with Crippen LogP contribution in [0.1, 0.15) is 16.1 Å². The number of nitro groups is 1. The first kappa shape index (κ1) is 20.1. The number of para-hydroxylation sites is 1. The Hall–Kier alpha value is -3.69. The van der Waals surface area contributed by atoms with Gasteiger partial charge in [0.15, 0.2) is 12.4 Å². The second-order valence-electron chi connectivity index (χ2n) is 6.37. The van der Waals surface area contributed by atoms with Crippen molar-refractivity contribution in [2.45, 2.75) is 6.42 Å². The first-order valence-electron chi connectivity index (χ1n) is 8.94. The van der Waals surface area contributed by atoms with Crippen molar-refractivity contribution in [3.63, 3.8) is 0 Å². The second-order valence-corrected chi connectivity index (χ2v) is 6.37. The molecule has 2 heterocycles. The molecule has 0 saturated carbocycles. The third-order valence-electron chi connectivity index (χ3n) is 4.53. The zero-order valence-electron chi connectivity index (χ0n) is 15.5. The molecule has 1 aromatic heterocycles. The summed E-state index contributed by atoms with van der Waals surface area (Å²) in [5.41, 5.74) is 0.0492. The van der Waals surface area contributed by atoms with Crippen molar-refractivity contribution in [3.05, 3.63) is 64.1 Å². The van der Waals surface area contributed by atoms with Crippen LogP contribution in [-0.2, 0) is 20.7 Å². The van der Waals surface area contributed by atoms with Crippen LogP contribution in [0.3, 0.4) is 0 Å². The van der Waals surface area contributed by atoms with Gasteiger partial charge in [-0.15, -0.1) is 0 Å². The number of ether oxygens (including phenoxy) is 1. The summed E-state index contributed by atoms with van der Waals surface area (Å²) in [6.45, 7) is 0.858. The van der Waals surface area contributed by atoms with Gasteiger partial charge >= 0.3 is 5.97 Å². The number of hydrogen-bond donors (Lipinski definition) is 0. The van der Waals surface area contributed by atoms with E-state index in [1.165, 1.54) is 29.4 Å². The van der Waals surface area contributed by atoms with Crippen LogP contribution in [0.15, 0.2) is 47.1 Å². The molecule has 0 spiro atoms. The molecule has 0 radical (unpaired) electrons. The van der Waals surface area contributed by atoms with E-state index in [2.05, 4.69) is 0 Å². The van der Waals surface area contributed by atoms with Crippen molar-refractivity contribution in [2.24, 2.45) is 0 Å². The first-order chi connectivity index (χ1) is 14.0. The molecule has 1 aromatic carbocycles. The van der Waals surface area contributed by atoms with Gasteiger partial charge in [0.2, 0.25) is 0 Å². The highest BCUT2D eigenvalue weighted by Gasteiger charge is 2.26. The highest BCUT2D eigenvalue weighted by Crippen LogP contribution is 2.18. The highest BCUT2D eigenvalue weighted by molar-refractivity contribution is 5.91. The molecule has 0 bridgehead atoms. The molecule has 10 heteroatoms. The van der Waals surface area contributed by atoms with Crippen molar-refractivity contribution in [3.8, 4) is 0 Å². The highest BCUT2D eigenvalue weighted by atomic mass is 16.6. The van der Waals surface area contributed by atoms with Crippen LogP contribution in [0.5, 0.6) is 0 Å². The van der Waals surface area contributed by atoms with Crippen molar-refractivity contribution in [2.75, 3.05) is 32.8 Å². The molecule has 3 rings (SSSR count). The molecule has 1 aliphatic heterocycles. The first-order valence-corrected chi connectivity index (χ1v) is 8.94. The van der Waals surface area contributed by atoms with Crippen molar-refractivity contribution in [1.29, 1.82) is 0 Å². The number of benzene rings is 1. The maximum atomic E-state index is 12.3. The normalized spacial score (nSPS) is 13.8. The van der Waals surface area contributed by atoms with Crippen LogP contribution >= 0.6 is 0 Å². The Morgan fingerprint density at radius 1 is 1.03 bits per heavy atom. The number of amides is 2. The van der Waals surface area contributed by atoms with Gasteiger partial charge in [0.05, 0.1) is 17.6 Å². The fourth-order valence-electron chi connectivity index (χ4n) is 2.99. The Morgan fingerprint density at radius 3 is 2.38 bits per heavy atom. The lowest BCUT2D eigenvalue weighted by molar-refractivity contribution is -0.385. The van der Waals surface area contributed by atoms with Gasteiger partial charge in [-0.1, -0.05) is 18.2 Å². The second kappa shape index (κ2) is 9.00. The number of carbonyl (C=O) groups is 3. The minimum atomic E-state index is -0.723. The number of rotatable bonds is 6. The molecule has 0 unspecified atom stereocenters. The average molecular weight is 401 g/mol. The number of carbonyl (C=O) groups excluding carboxylic acids is 3. The van der Waals surface area contributed by atoms with E-state index < -0.39 is 17.5 Å². The van der Waals surface area contributed by atoms with Crippen LogP contribution in [-0.4, -0.2) is 65.3 Å². The molecule has 152 valence electrons. The van der Waals surface area contributed by atoms with E-state index in [9.17, 15) is 24.5 Å². The lowest BCUT2D eigenvalue weighted by Crippen LogP contribution is -2.51. The minimum absolute atomic E-state index is 0.173. The van der Waals surface area contributed by atoms with E-state index >= 15 is 0 Å². The number of furan rings is 1. The standard InChI is InChI=1S/C19H19N3O7/c23-17(13-29-18(24)12-14-4-1-2-5-15(14)22(26)27)20-7-9-21(10-8-20)19(25)16-6-3-11-28-16/h1-6,11H,7-10,12-13H2. The van der Waals surface area contributed by atoms with E-state index in [1.54, 1.807) is 23.1 Å². The Labute approximate surface area is 165 Å². The van der Waals surface area contributed by atoms with Crippen molar-refractivity contribution in [1.82, 2.24) is 9.80 Å². The Kier molecular flexibility index (Phi) is 6.22. The number of nitrogens with zero attached hydrogens (tertiary/aromatic N) is 3. The molecule has 10 nitrogen and oxygen atoms in total. The van der Waals surface area contributed by atoms with E-state index in [4.69, 9.17) is 9.15 Å². The summed E-state index contributed by atoms with van der Waals surface area (Å²) >= 11 is 0. The van der Waals surface area contributed by atoms with E-state index in [0.29, 0.717) is 26.2 Å². The summed E-state index contributed by atoms with van der Waals surface area (Å²) in [6.07, 6.45) is 1.13. The maximum absolute atomic E-state index is 12.3. The zero-order chi connectivity index (χ0) is 20.8. The van der Waals surface area contributed by atoms with Crippen molar-refractivity contribution < 1.29 is 28.5 Å². The smallest absolute Gasteiger partial charge is 0.311 e. The Bertz CT molecular complexity index is 902. The van der Waals surface area contributed by atoms with Gasteiger partial charge in [-0.2, -0.15) is 0 Å². The van der Waals surface area contributed by atoms with Gasteiger partial charge in [0.1, 0.15) is 0 Å². The van der Waals surface area contributed by atoms with Gasteiger partial charge in [-0.25, -0.2) is 0 Å². The van der Waals surface area contributed by atoms with Crippen LogP contribution in [0, 0.1) is 10.1 Å². The van der Waals surface area contributed by atoms with Gasteiger partial charge in [-0.3, -0.25) is 24.5 Å². The summed E-state index contributed by atoms with van der Waals surface area (Å²) in [7, 11) is 0. The summed E-state index contributed by atoms with van der Waals surface area (Å²) in [6, 6.07) is 9.08. The topological polar surface area (TPSA) is 123 Å². The lowest BCUT2D eigenvalue weighted by atomic mass is 10.1. The summed E-state index contributed by atoms with van der Waals surface area (Å²) in [4.78, 5) is 49.9. The van der Waals surface area contributed by atoms with E-state index in [1.807, 2.05) is 0 Å². The minimum Gasteiger partial charge on any atom is -0.459 e. The molecule has 0 N–H and O–H groups in total. The van der Waals surface area contributed by atoms with Crippen LogP contribution < -0.4 is 0 Å². The summed E-state index contributed by atoms with van der Waals surface area (Å²) < 4.78 is 10.1. The van der Waals surface area contributed by atoms with Crippen LogP contribution in [0.2, 0.25) is 0 Å². The van der Waals surface area contributed by atoms with Gasteiger partial charge in [0, 0.05) is 37.8 Å². The molecule has 2 amide bonds. The number of nitro benzene ring substituents is 1. The van der Waals surface area contributed by atoms with E-state index in [0.717, 1.165) is 0 Å². The average Bonchev–Trinajstić information content (AvgIpc) is 3.27. The van der Waals surface area contributed by atoms with Crippen LogP contribution in [0.4, 0.5) is 5.69 Å². The Balaban J connectivity index is 1.45. The predicted molar refractivity (Wildman–Crippen MR) is 99.0 cm³/mol. The molecule has 2 aromatic rings. The molecule has 1 aliphatic rings. The third kappa shape index (κ3) is 4.98. The number of piperazine rings is 1. The lowest BCUT2D eigenvalue weighted by Gasteiger charge is -2.34. The van der Waals surface area contributed by atoms with Gasteiger partial charge in [0.25, 0.3) is 17.5 Å². The number of esters is 1. The van der Waals surface area contributed by atoms with E-state index in [-0.39, 0.29) is 35.2 Å². The van der Waals surface area contributed by atoms with Gasteiger partial charge in [-0.05, 0) is 12.1 Å².